The Balaban J connectivity index is 2.69. The third-order valence-electron chi connectivity index (χ3n) is 2.56. The molecule has 0 radical (unpaired) electrons. The molecule has 16 heavy (non-hydrogen) atoms. The molecule has 0 heterocycles. The Hall–Kier alpha value is -1.51. The lowest BCUT2D eigenvalue weighted by Crippen LogP contribution is -2.32. The summed E-state index contributed by atoms with van der Waals surface area (Å²) in [5.74, 6) is 0.141. The molecule has 0 aromatic heterocycles. The summed E-state index contributed by atoms with van der Waals surface area (Å²) in [6, 6.07) is 5.07. The minimum atomic E-state index is -0.0796. The third kappa shape index (κ3) is 3.26. The second-order valence-corrected chi connectivity index (χ2v) is 4.16. The maximum atomic E-state index is 11.8. The Morgan fingerprint density at radius 1 is 1.50 bits per heavy atom. The molecule has 1 aromatic carbocycles. The van der Waals surface area contributed by atoms with Crippen molar-refractivity contribution in [1.29, 1.82) is 0 Å². The van der Waals surface area contributed by atoms with Crippen molar-refractivity contribution in [2.24, 2.45) is 0 Å². The summed E-state index contributed by atoms with van der Waals surface area (Å²) in [4.78, 5) is 11.8. The van der Waals surface area contributed by atoms with E-state index in [1.165, 1.54) is 0 Å². The van der Waals surface area contributed by atoms with Gasteiger partial charge in [0.2, 0.25) is 0 Å². The lowest BCUT2D eigenvalue weighted by molar-refractivity contribution is 0.0938. The van der Waals surface area contributed by atoms with Gasteiger partial charge >= 0.3 is 0 Å². The van der Waals surface area contributed by atoms with Crippen molar-refractivity contribution in [2.45, 2.75) is 39.7 Å². The van der Waals surface area contributed by atoms with Crippen LogP contribution in [0.25, 0.3) is 0 Å². The van der Waals surface area contributed by atoms with Crippen LogP contribution in [0.1, 0.15) is 42.6 Å². The van der Waals surface area contributed by atoms with E-state index >= 15 is 0 Å². The van der Waals surface area contributed by atoms with E-state index in [4.69, 9.17) is 0 Å². The molecule has 0 spiro atoms. The molecule has 3 heteroatoms. The zero-order valence-electron chi connectivity index (χ0n) is 10.1. The lowest BCUT2D eigenvalue weighted by atomic mass is 10.1. The van der Waals surface area contributed by atoms with Crippen LogP contribution in [0.15, 0.2) is 18.2 Å². The molecule has 1 atom stereocenters. The summed E-state index contributed by atoms with van der Waals surface area (Å²) < 4.78 is 0. The Morgan fingerprint density at radius 2 is 2.19 bits per heavy atom. The van der Waals surface area contributed by atoms with Crippen molar-refractivity contribution in [3.05, 3.63) is 29.3 Å². The number of hydrogen-bond donors (Lipinski definition) is 2. The Bertz CT molecular complexity index is 374. The number of nitrogens with one attached hydrogen (secondary N) is 1. The monoisotopic (exact) mass is 221 g/mol. The standard InChI is InChI=1S/C13H19NO2/c1-4-5-10(3)14-13(16)11-6-7-12(15)9(2)8-11/h6-8,10,15H,4-5H2,1-3H3,(H,14,16). The van der Waals surface area contributed by atoms with Gasteiger partial charge in [-0.2, -0.15) is 0 Å². The van der Waals surface area contributed by atoms with E-state index in [-0.39, 0.29) is 17.7 Å². The van der Waals surface area contributed by atoms with Crippen LogP contribution in [-0.2, 0) is 0 Å². The molecular weight excluding hydrogens is 202 g/mol. The van der Waals surface area contributed by atoms with Gasteiger partial charge in [-0.3, -0.25) is 4.79 Å². The van der Waals surface area contributed by atoms with Gasteiger partial charge in [0.1, 0.15) is 5.75 Å². The van der Waals surface area contributed by atoms with Crippen molar-refractivity contribution in [2.75, 3.05) is 0 Å². The van der Waals surface area contributed by atoms with E-state index < -0.39 is 0 Å². The van der Waals surface area contributed by atoms with E-state index in [0.717, 1.165) is 18.4 Å². The normalized spacial score (nSPS) is 12.2. The zero-order chi connectivity index (χ0) is 12.1. The molecule has 2 N–H and O–H groups in total. The molecule has 0 aliphatic carbocycles. The van der Waals surface area contributed by atoms with Gasteiger partial charge in [0.15, 0.2) is 0 Å². The van der Waals surface area contributed by atoms with Crippen molar-refractivity contribution < 1.29 is 9.90 Å². The number of hydrogen-bond acceptors (Lipinski definition) is 2. The number of aryl methyl sites for hydroxylation is 1. The van der Waals surface area contributed by atoms with Crippen LogP contribution in [0.2, 0.25) is 0 Å². The minimum Gasteiger partial charge on any atom is -0.508 e. The lowest BCUT2D eigenvalue weighted by Gasteiger charge is -2.13. The average Bonchev–Trinajstić information content (AvgIpc) is 2.22. The van der Waals surface area contributed by atoms with Crippen LogP contribution in [0.5, 0.6) is 5.75 Å². The molecule has 0 aliphatic rings. The van der Waals surface area contributed by atoms with Crippen molar-refractivity contribution in [3.63, 3.8) is 0 Å². The second kappa shape index (κ2) is 5.54. The van der Waals surface area contributed by atoms with Crippen LogP contribution < -0.4 is 5.32 Å². The predicted octanol–water partition coefficient (Wildman–Crippen LogP) is 2.62. The van der Waals surface area contributed by atoms with Gasteiger partial charge in [-0.05, 0) is 44.0 Å². The fraction of sp³-hybridized carbons (Fsp3) is 0.462. The number of phenols is 1. The highest BCUT2D eigenvalue weighted by molar-refractivity contribution is 5.94. The Kier molecular flexibility index (Phi) is 4.35. The molecular formula is C13H19NO2. The number of benzene rings is 1. The molecule has 0 saturated heterocycles. The SMILES string of the molecule is CCCC(C)NC(=O)c1ccc(O)c(C)c1. The van der Waals surface area contributed by atoms with E-state index in [1.54, 1.807) is 25.1 Å². The van der Waals surface area contributed by atoms with Crippen LogP contribution in [0.4, 0.5) is 0 Å². The number of phenolic OH excluding ortho intramolecular Hbond substituents is 1. The molecule has 1 aromatic rings. The van der Waals surface area contributed by atoms with Crippen LogP contribution >= 0.6 is 0 Å². The first-order chi connectivity index (χ1) is 7.54. The van der Waals surface area contributed by atoms with Gasteiger partial charge in [-0.15, -0.1) is 0 Å². The largest absolute Gasteiger partial charge is 0.508 e. The Labute approximate surface area is 96.5 Å². The topological polar surface area (TPSA) is 49.3 Å². The van der Waals surface area contributed by atoms with Crippen LogP contribution in [-0.4, -0.2) is 17.1 Å². The molecule has 1 unspecified atom stereocenters. The number of carbonyl (C=O) groups is 1. The van der Waals surface area contributed by atoms with Gasteiger partial charge < -0.3 is 10.4 Å². The van der Waals surface area contributed by atoms with Gasteiger partial charge in [0, 0.05) is 11.6 Å². The number of carbonyl (C=O) groups excluding carboxylic acids is 1. The van der Waals surface area contributed by atoms with E-state index in [1.807, 2.05) is 6.92 Å². The fourth-order valence-corrected chi connectivity index (χ4v) is 1.61. The minimum absolute atomic E-state index is 0.0796. The quantitative estimate of drug-likeness (QED) is 0.821. The molecule has 0 saturated carbocycles. The van der Waals surface area contributed by atoms with E-state index in [9.17, 15) is 9.90 Å². The van der Waals surface area contributed by atoms with Gasteiger partial charge in [-0.25, -0.2) is 0 Å². The third-order valence-corrected chi connectivity index (χ3v) is 2.56. The first kappa shape index (κ1) is 12.6. The average molecular weight is 221 g/mol. The number of aromatic hydroxyl groups is 1. The van der Waals surface area contributed by atoms with Crippen molar-refractivity contribution in [3.8, 4) is 5.75 Å². The van der Waals surface area contributed by atoms with Gasteiger partial charge in [-0.1, -0.05) is 13.3 Å². The molecule has 0 aliphatic heterocycles. The van der Waals surface area contributed by atoms with E-state index in [2.05, 4.69) is 12.2 Å². The second-order valence-electron chi connectivity index (χ2n) is 4.16. The molecule has 1 rings (SSSR count). The Morgan fingerprint density at radius 3 is 2.75 bits per heavy atom. The maximum Gasteiger partial charge on any atom is 0.251 e. The molecule has 88 valence electrons. The summed E-state index contributed by atoms with van der Waals surface area (Å²) >= 11 is 0. The highest BCUT2D eigenvalue weighted by Gasteiger charge is 2.09. The first-order valence-electron chi connectivity index (χ1n) is 5.65. The predicted molar refractivity (Wildman–Crippen MR) is 64.7 cm³/mol. The molecule has 1 amide bonds. The highest BCUT2D eigenvalue weighted by atomic mass is 16.3. The summed E-state index contributed by atoms with van der Waals surface area (Å²) in [5, 5.41) is 12.3. The summed E-state index contributed by atoms with van der Waals surface area (Å²) in [6.07, 6.45) is 2.03. The maximum absolute atomic E-state index is 11.8. The van der Waals surface area contributed by atoms with Crippen molar-refractivity contribution in [1.82, 2.24) is 5.32 Å². The smallest absolute Gasteiger partial charge is 0.251 e. The summed E-state index contributed by atoms with van der Waals surface area (Å²) in [7, 11) is 0. The van der Waals surface area contributed by atoms with Crippen LogP contribution in [0.3, 0.4) is 0 Å². The first-order valence-corrected chi connectivity index (χ1v) is 5.65. The fourth-order valence-electron chi connectivity index (χ4n) is 1.61. The molecule has 0 bridgehead atoms. The number of rotatable bonds is 4. The summed E-state index contributed by atoms with van der Waals surface area (Å²) in [5.41, 5.74) is 1.31. The van der Waals surface area contributed by atoms with E-state index in [0.29, 0.717) is 5.56 Å². The van der Waals surface area contributed by atoms with Crippen LogP contribution in [0, 0.1) is 6.92 Å². The molecule has 0 fully saturated rings. The number of amides is 1. The zero-order valence-corrected chi connectivity index (χ0v) is 10.1. The van der Waals surface area contributed by atoms with Gasteiger partial charge in [0.05, 0.1) is 0 Å². The highest BCUT2D eigenvalue weighted by Crippen LogP contribution is 2.16. The molecule has 3 nitrogen and oxygen atoms in total. The van der Waals surface area contributed by atoms with Crippen molar-refractivity contribution >= 4 is 5.91 Å². The van der Waals surface area contributed by atoms with Gasteiger partial charge in [0.25, 0.3) is 5.91 Å². The summed E-state index contributed by atoms with van der Waals surface area (Å²) in [6.45, 7) is 5.86.